The van der Waals surface area contributed by atoms with Crippen LogP contribution in [0.1, 0.15) is 38.5 Å². The van der Waals surface area contributed by atoms with Crippen LogP contribution in [0.25, 0.3) is 0 Å². The van der Waals surface area contributed by atoms with Gasteiger partial charge in [0.2, 0.25) is 0 Å². The molecule has 0 aliphatic heterocycles. The number of rotatable bonds is 7. The molecule has 0 spiro atoms. The van der Waals surface area contributed by atoms with Gasteiger partial charge in [0, 0.05) is 36.0 Å². The zero-order valence-electron chi connectivity index (χ0n) is 7.75. The summed E-state index contributed by atoms with van der Waals surface area (Å²) in [4.78, 5) is 10.1. The van der Waals surface area contributed by atoms with Crippen molar-refractivity contribution in [1.82, 2.24) is 0 Å². The molecule has 0 amide bonds. The van der Waals surface area contributed by atoms with E-state index in [1.54, 1.807) is 0 Å². The zero-order valence-corrected chi connectivity index (χ0v) is 10.6. The van der Waals surface area contributed by atoms with Crippen molar-refractivity contribution in [3.63, 3.8) is 0 Å². The van der Waals surface area contributed by atoms with E-state index >= 15 is 0 Å². The molecule has 0 heterocycles. The molecule has 0 aromatic carbocycles. The molecule has 0 saturated carbocycles. The molecule has 0 bridgehead atoms. The van der Waals surface area contributed by atoms with Crippen LogP contribution >= 0.6 is 12.6 Å². The summed E-state index contributed by atoms with van der Waals surface area (Å²) in [7, 11) is 0. The van der Waals surface area contributed by atoms with Crippen molar-refractivity contribution in [2.24, 2.45) is 0 Å². The van der Waals surface area contributed by atoms with Crippen LogP contribution in [0.15, 0.2) is 0 Å². The van der Waals surface area contributed by atoms with Gasteiger partial charge >= 0.3 is 5.97 Å². The van der Waals surface area contributed by atoms with Crippen molar-refractivity contribution in [3.8, 4) is 0 Å². The Morgan fingerprint density at radius 2 is 1.58 bits per heavy atom. The number of hydrogen-bond donors (Lipinski definition) is 2. The molecule has 67 valence electrons. The Morgan fingerprint density at radius 1 is 1.08 bits per heavy atom. The van der Waals surface area contributed by atoms with Crippen LogP contribution in [-0.2, 0) is 4.79 Å². The molecule has 1 radical (unpaired) electrons. The van der Waals surface area contributed by atoms with E-state index in [9.17, 15) is 4.79 Å². The van der Waals surface area contributed by atoms with E-state index in [1.807, 2.05) is 0 Å². The first kappa shape index (κ1) is 15.3. The minimum absolute atomic E-state index is 0. The first-order valence-electron chi connectivity index (χ1n) is 4.10. The third kappa shape index (κ3) is 13.4. The van der Waals surface area contributed by atoms with Gasteiger partial charge in [-0.25, -0.2) is 0 Å². The monoisotopic (exact) mass is 199 g/mol. The van der Waals surface area contributed by atoms with Gasteiger partial charge in [-0.15, -0.1) is 0 Å². The van der Waals surface area contributed by atoms with Gasteiger partial charge in [-0.2, -0.15) is 12.6 Å². The second-order valence-electron chi connectivity index (χ2n) is 2.64. The Labute approximate surface area is 102 Å². The maximum atomic E-state index is 10.1. The van der Waals surface area contributed by atoms with Gasteiger partial charge in [0.1, 0.15) is 0 Å². The average molecular weight is 199 g/mol. The standard InChI is InChI=1S/C8H16O2S.Na/c9-8(10)6-4-2-1-3-5-7-11;/h11H,1-7H2,(H,9,10);. The van der Waals surface area contributed by atoms with Crippen LogP contribution in [0, 0.1) is 0 Å². The van der Waals surface area contributed by atoms with E-state index < -0.39 is 5.97 Å². The maximum absolute atomic E-state index is 10.1. The third-order valence-corrected chi connectivity index (χ3v) is 1.86. The molecule has 0 unspecified atom stereocenters. The van der Waals surface area contributed by atoms with E-state index in [4.69, 9.17) is 5.11 Å². The molecule has 0 aliphatic carbocycles. The summed E-state index contributed by atoms with van der Waals surface area (Å²) in [6.45, 7) is 0. The Hall–Kier alpha value is 0.820. The zero-order chi connectivity index (χ0) is 8.53. The minimum atomic E-state index is -0.681. The summed E-state index contributed by atoms with van der Waals surface area (Å²) in [6, 6.07) is 0. The summed E-state index contributed by atoms with van der Waals surface area (Å²) in [5.74, 6) is 0.262. The molecule has 0 atom stereocenters. The van der Waals surface area contributed by atoms with Gasteiger partial charge in [-0.1, -0.05) is 19.3 Å². The van der Waals surface area contributed by atoms with Gasteiger partial charge in [0.05, 0.1) is 0 Å². The normalized spacial score (nSPS) is 9.08. The first-order valence-corrected chi connectivity index (χ1v) is 4.73. The fourth-order valence-electron chi connectivity index (χ4n) is 0.918. The molecule has 12 heavy (non-hydrogen) atoms. The fraction of sp³-hybridized carbons (Fsp3) is 0.875. The second kappa shape index (κ2) is 11.8. The smallest absolute Gasteiger partial charge is 0.303 e. The number of carboxylic acid groups (broad SMARTS) is 1. The van der Waals surface area contributed by atoms with Crippen molar-refractivity contribution in [2.75, 3.05) is 5.75 Å². The Balaban J connectivity index is 0. The number of carbonyl (C=O) groups is 1. The molecule has 4 heteroatoms. The van der Waals surface area contributed by atoms with Gasteiger partial charge in [-0.05, 0) is 18.6 Å². The Morgan fingerprint density at radius 3 is 2.08 bits per heavy atom. The predicted molar refractivity (Wildman–Crippen MR) is 54.9 cm³/mol. The number of carboxylic acids is 1. The van der Waals surface area contributed by atoms with E-state index in [0.29, 0.717) is 6.42 Å². The minimum Gasteiger partial charge on any atom is -0.481 e. The molecule has 1 N–H and O–H groups in total. The number of thiol groups is 1. The van der Waals surface area contributed by atoms with Gasteiger partial charge in [-0.3, -0.25) is 4.79 Å². The van der Waals surface area contributed by atoms with Gasteiger partial charge in [0.15, 0.2) is 0 Å². The van der Waals surface area contributed by atoms with Crippen LogP contribution in [0.2, 0.25) is 0 Å². The SMILES string of the molecule is O=C(O)CCCCCCCS.[Na]. The van der Waals surface area contributed by atoms with Crippen molar-refractivity contribution in [1.29, 1.82) is 0 Å². The van der Waals surface area contributed by atoms with Crippen LogP contribution in [0.3, 0.4) is 0 Å². The molecular formula is C8H16NaO2S. The van der Waals surface area contributed by atoms with Crippen molar-refractivity contribution >= 4 is 48.2 Å². The summed E-state index contributed by atoms with van der Waals surface area (Å²) >= 11 is 4.08. The van der Waals surface area contributed by atoms with Crippen LogP contribution < -0.4 is 0 Å². The molecule has 0 aromatic heterocycles. The van der Waals surface area contributed by atoms with Crippen LogP contribution in [0.4, 0.5) is 0 Å². The predicted octanol–water partition coefficient (Wildman–Crippen LogP) is 1.96. The maximum Gasteiger partial charge on any atom is 0.303 e. The van der Waals surface area contributed by atoms with E-state index in [-0.39, 0.29) is 29.6 Å². The van der Waals surface area contributed by atoms with Crippen molar-refractivity contribution < 1.29 is 9.90 Å². The average Bonchev–Trinajstić information content (AvgIpc) is 1.96. The summed E-state index contributed by atoms with van der Waals surface area (Å²) in [5, 5.41) is 8.30. The molecule has 0 saturated heterocycles. The largest absolute Gasteiger partial charge is 0.481 e. The summed E-state index contributed by atoms with van der Waals surface area (Å²) < 4.78 is 0. The quantitative estimate of drug-likeness (QED) is 0.373. The fourth-order valence-corrected chi connectivity index (χ4v) is 1.14. The van der Waals surface area contributed by atoms with E-state index in [0.717, 1.165) is 31.4 Å². The van der Waals surface area contributed by atoms with Crippen molar-refractivity contribution in [3.05, 3.63) is 0 Å². The molecule has 2 nitrogen and oxygen atoms in total. The Kier molecular flexibility index (Phi) is 15.1. The van der Waals surface area contributed by atoms with Crippen LogP contribution in [-0.4, -0.2) is 46.4 Å². The first-order chi connectivity index (χ1) is 5.27. The summed E-state index contributed by atoms with van der Waals surface area (Å²) in [6.07, 6.45) is 5.66. The Bertz CT molecular complexity index is 109. The number of aliphatic carboxylic acids is 1. The second-order valence-corrected chi connectivity index (χ2v) is 3.08. The van der Waals surface area contributed by atoms with Gasteiger partial charge < -0.3 is 5.11 Å². The number of unbranched alkanes of at least 4 members (excludes halogenated alkanes) is 4. The van der Waals surface area contributed by atoms with Crippen molar-refractivity contribution in [2.45, 2.75) is 38.5 Å². The topological polar surface area (TPSA) is 37.3 Å². The van der Waals surface area contributed by atoms with Crippen LogP contribution in [0.5, 0.6) is 0 Å². The molecule has 0 fully saturated rings. The molecular weight excluding hydrogens is 183 g/mol. The molecule has 0 rings (SSSR count). The molecule has 0 aliphatic rings. The van der Waals surface area contributed by atoms with E-state index in [2.05, 4.69) is 12.6 Å². The third-order valence-electron chi connectivity index (χ3n) is 1.55. The number of hydrogen-bond acceptors (Lipinski definition) is 2. The van der Waals surface area contributed by atoms with E-state index in [1.165, 1.54) is 6.42 Å². The molecule has 0 aromatic rings. The van der Waals surface area contributed by atoms with Gasteiger partial charge in [0.25, 0.3) is 0 Å². The summed E-state index contributed by atoms with van der Waals surface area (Å²) in [5.41, 5.74) is 0.